The molecule has 3 rings (SSSR count). The number of aromatic amines is 2. The second-order valence-corrected chi connectivity index (χ2v) is 5.97. The van der Waals surface area contributed by atoms with Crippen molar-refractivity contribution in [1.29, 1.82) is 0 Å². The maximum absolute atomic E-state index is 11.3. The van der Waals surface area contributed by atoms with Gasteiger partial charge in [-0.05, 0) is 25.0 Å². The third-order valence-electron chi connectivity index (χ3n) is 4.19. The van der Waals surface area contributed by atoms with Crippen molar-refractivity contribution < 1.29 is 9.84 Å². The Hall–Kier alpha value is -1.50. The average molecular weight is 342 g/mol. The first-order valence-corrected chi connectivity index (χ1v) is 7.97. The summed E-state index contributed by atoms with van der Waals surface area (Å²) in [6.45, 7) is 0.732. The van der Waals surface area contributed by atoms with Gasteiger partial charge in [0.05, 0.1) is 5.52 Å². The van der Waals surface area contributed by atoms with E-state index >= 15 is 0 Å². The smallest absolute Gasteiger partial charge is 0.323 e. The van der Waals surface area contributed by atoms with E-state index in [-0.39, 0.29) is 24.7 Å². The summed E-state index contributed by atoms with van der Waals surface area (Å²) >= 11 is 0. The first-order chi connectivity index (χ1) is 10.7. The lowest BCUT2D eigenvalue weighted by Gasteiger charge is -2.24. The van der Waals surface area contributed by atoms with Crippen LogP contribution in [0, 0.1) is 0 Å². The van der Waals surface area contributed by atoms with Gasteiger partial charge in [-0.25, -0.2) is 4.79 Å². The third-order valence-corrected chi connectivity index (χ3v) is 4.19. The molecule has 2 aromatic rings. The predicted octanol–water partition coefficient (Wildman–Crippen LogP) is 1.94. The Labute approximate surface area is 141 Å². The van der Waals surface area contributed by atoms with Crippen LogP contribution in [0.25, 0.3) is 11.0 Å². The van der Waals surface area contributed by atoms with Gasteiger partial charge >= 0.3 is 5.69 Å². The molecule has 1 unspecified atom stereocenters. The van der Waals surface area contributed by atoms with Gasteiger partial charge in [0.15, 0.2) is 0 Å². The Balaban J connectivity index is 0.00000192. The number of halogens is 1. The SMILES string of the molecule is Cl.O=c1[nH]c2cccc(OCC(O)CNC3CCCCC3)c2[nH]1. The van der Waals surface area contributed by atoms with Crippen LogP contribution in [0.3, 0.4) is 0 Å². The molecule has 1 aliphatic carbocycles. The zero-order valence-corrected chi connectivity index (χ0v) is 13.8. The molecule has 0 radical (unpaired) electrons. The van der Waals surface area contributed by atoms with Gasteiger partial charge in [-0.1, -0.05) is 25.3 Å². The van der Waals surface area contributed by atoms with Crippen molar-refractivity contribution in [2.45, 2.75) is 44.2 Å². The van der Waals surface area contributed by atoms with E-state index < -0.39 is 6.10 Å². The van der Waals surface area contributed by atoms with Crippen molar-refractivity contribution >= 4 is 23.4 Å². The minimum Gasteiger partial charge on any atom is -0.489 e. The van der Waals surface area contributed by atoms with Gasteiger partial charge in [-0.15, -0.1) is 12.4 Å². The standard InChI is InChI=1S/C16H23N3O3.ClH/c20-12(9-17-11-5-2-1-3-6-11)10-22-14-8-4-7-13-15(14)19-16(21)18-13;/h4,7-8,11-12,17,20H,1-3,5-6,9-10H2,(H2,18,19,21);1H. The van der Waals surface area contributed by atoms with Crippen molar-refractivity contribution in [3.05, 3.63) is 28.7 Å². The maximum atomic E-state index is 11.3. The number of benzene rings is 1. The van der Waals surface area contributed by atoms with Gasteiger partial charge in [0, 0.05) is 12.6 Å². The number of fused-ring (bicyclic) bond motifs is 1. The minimum absolute atomic E-state index is 0. The largest absolute Gasteiger partial charge is 0.489 e. The van der Waals surface area contributed by atoms with E-state index in [9.17, 15) is 9.90 Å². The Morgan fingerprint density at radius 2 is 2.04 bits per heavy atom. The summed E-state index contributed by atoms with van der Waals surface area (Å²) in [5.74, 6) is 0.576. The summed E-state index contributed by atoms with van der Waals surface area (Å²) in [5, 5.41) is 13.5. The first-order valence-electron chi connectivity index (χ1n) is 7.97. The number of H-pyrrole nitrogens is 2. The molecule has 1 aromatic heterocycles. The number of rotatable bonds is 6. The molecule has 1 atom stereocenters. The van der Waals surface area contributed by atoms with Crippen molar-refractivity contribution in [3.8, 4) is 5.75 Å². The molecule has 23 heavy (non-hydrogen) atoms. The minimum atomic E-state index is -0.567. The fraction of sp³-hybridized carbons (Fsp3) is 0.562. The number of aliphatic hydroxyl groups is 1. The highest BCUT2D eigenvalue weighted by molar-refractivity contribution is 5.85. The molecule has 0 spiro atoms. The van der Waals surface area contributed by atoms with Gasteiger partial charge in [0.2, 0.25) is 0 Å². The second kappa shape index (κ2) is 8.38. The van der Waals surface area contributed by atoms with Crippen molar-refractivity contribution in [3.63, 3.8) is 0 Å². The van der Waals surface area contributed by atoms with Gasteiger partial charge in [-0.2, -0.15) is 0 Å². The number of hydrogen-bond acceptors (Lipinski definition) is 4. The van der Waals surface area contributed by atoms with E-state index in [1.807, 2.05) is 6.07 Å². The van der Waals surface area contributed by atoms with Crippen LogP contribution >= 0.6 is 12.4 Å². The molecular weight excluding hydrogens is 318 g/mol. The van der Waals surface area contributed by atoms with Crippen LogP contribution in [0.4, 0.5) is 0 Å². The maximum Gasteiger partial charge on any atom is 0.323 e. The molecular formula is C16H24ClN3O3. The first kappa shape index (κ1) is 17.8. The van der Waals surface area contributed by atoms with E-state index in [0.717, 1.165) is 0 Å². The van der Waals surface area contributed by atoms with Crippen LogP contribution in [0.5, 0.6) is 5.75 Å². The van der Waals surface area contributed by atoms with Gasteiger partial charge in [0.1, 0.15) is 24.0 Å². The fourth-order valence-corrected chi connectivity index (χ4v) is 3.01. The molecule has 1 aliphatic rings. The van der Waals surface area contributed by atoms with E-state index in [4.69, 9.17) is 4.74 Å². The van der Waals surface area contributed by atoms with Crippen LogP contribution in [-0.4, -0.2) is 40.4 Å². The number of aliphatic hydroxyl groups excluding tert-OH is 1. The molecule has 0 saturated heterocycles. The highest BCUT2D eigenvalue weighted by Crippen LogP contribution is 2.21. The van der Waals surface area contributed by atoms with Crippen LogP contribution in [-0.2, 0) is 0 Å². The highest BCUT2D eigenvalue weighted by atomic mass is 35.5. The van der Waals surface area contributed by atoms with E-state index in [1.165, 1.54) is 32.1 Å². The lowest BCUT2D eigenvalue weighted by atomic mass is 9.95. The molecule has 7 heteroatoms. The molecule has 0 aliphatic heterocycles. The highest BCUT2D eigenvalue weighted by Gasteiger charge is 2.15. The number of ether oxygens (including phenoxy) is 1. The zero-order valence-electron chi connectivity index (χ0n) is 13.0. The topological polar surface area (TPSA) is 90.1 Å². The molecule has 1 aromatic carbocycles. The molecule has 128 valence electrons. The zero-order chi connectivity index (χ0) is 15.4. The van der Waals surface area contributed by atoms with Crippen molar-refractivity contribution in [2.24, 2.45) is 0 Å². The third kappa shape index (κ3) is 4.73. The number of aromatic nitrogens is 2. The molecule has 4 N–H and O–H groups in total. The summed E-state index contributed by atoms with van der Waals surface area (Å²) < 4.78 is 5.65. The van der Waals surface area contributed by atoms with E-state index in [0.29, 0.717) is 29.4 Å². The summed E-state index contributed by atoms with van der Waals surface area (Å²) in [6, 6.07) is 5.93. The van der Waals surface area contributed by atoms with Crippen LogP contribution in [0.1, 0.15) is 32.1 Å². The quantitative estimate of drug-likeness (QED) is 0.646. The van der Waals surface area contributed by atoms with Crippen molar-refractivity contribution in [1.82, 2.24) is 15.3 Å². The lowest BCUT2D eigenvalue weighted by molar-refractivity contribution is 0.102. The van der Waals surface area contributed by atoms with Crippen LogP contribution < -0.4 is 15.7 Å². The average Bonchev–Trinajstić information content (AvgIpc) is 2.92. The fourth-order valence-electron chi connectivity index (χ4n) is 3.01. The van der Waals surface area contributed by atoms with Crippen molar-refractivity contribution in [2.75, 3.05) is 13.2 Å². The van der Waals surface area contributed by atoms with Gasteiger partial charge in [-0.3, -0.25) is 0 Å². The summed E-state index contributed by atoms with van der Waals surface area (Å²) in [4.78, 5) is 16.7. The summed E-state index contributed by atoms with van der Waals surface area (Å²) in [6.07, 6.45) is 5.68. The van der Waals surface area contributed by atoms with Crippen LogP contribution in [0.2, 0.25) is 0 Å². The number of nitrogens with one attached hydrogen (secondary N) is 3. The molecule has 1 saturated carbocycles. The number of para-hydroxylation sites is 1. The van der Waals surface area contributed by atoms with Gasteiger partial charge in [0.25, 0.3) is 0 Å². The van der Waals surface area contributed by atoms with E-state index in [1.54, 1.807) is 12.1 Å². The molecule has 0 bridgehead atoms. The second-order valence-electron chi connectivity index (χ2n) is 5.97. The molecule has 6 nitrogen and oxygen atoms in total. The van der Waals surface area contributed by atoms with Crippen LogP contribution in [0.15, 0.2) is 23.0 Å². The van der Waals surface area contributed by atoms with E-state index in [2.05, 4.69) is 15.3 Å². The normalized spacial score (nSPS) is 16.9. The monoisotopic (exact) mass is 341 g/mol. The Morgan fingerprint density at radius 3 is 2.83 bits per heavy atom. The Kier molecular flexibility index (Phi) is 6.50. The molecule has 1 fully saturated rings. The Bertz CT molecular complexity index is 664. The predicted molar refractivity (Wildman–Crippen MR) is 92.5 cm³/mol. The summed E-state index contributed by atoms with van der Waals surface area (Å²) in [7, 11) is 0. The molecule has 1 heterocycles. The molecule has 0 amide bonds. The van der Waals surface area contributed by atoms with Gasteiger partial charge < -0.3 is 25.1 Å². The number of hydrogen-bond donors (Lipinski definition) is 4. The Morgan fingerprint density at radius 1 is 1.26 bits per heavy atom. The lowest BCUT2D eigenvalue weighted by Crippen LogP contribution is -2.38. The summed E-state index contributed by atoms with van der Waals surface area (Å²) in [5.41, 5.74) is 1.09. The number of imidazole rings is 1.